The van der Waals surface area contributed by atoms with Gasteiger partial charge in [0.1, 0.15) is 0 Å². The molecule has 5 heterocycles. The SMILES string of the molecule is C1=CNC(c2ccc3ccc(C4=CC=C5C=CC(c6ccc7cc(-c8ccc9ccc%10c(c9n8)NC(c8ccccc8)C=C%10)ccc7c6)=CC5N4)cc3n2)C=C1. The number of benzene rings is 5. The lowest BCUT2D eigenvalue weighted by Gasteiger charge is -2.27. The molecule has 7 aromatic rings. The van der Waals surface area contributed by atoms with Crippen molar-refractivity contribution in [3.8, 4) is 11.3 Å². The molecule has 266 valence electrons. The predicted octanol–water partition coefficient (Wildman–Crippen LogP) is 11.4. The second kappa shape index (κ2) is 13.3. The number of aromatic nitrogens is 2. The highest BCUT2D eigenvalue weighted by atomic mass is 15.0. The van der Waals surface area contributed by atoms with Gasteiger partial charge in [-0.15, -0.1) is 0 Å². The topological polar surface area (TPSA) is 61.9 Å². The van der Waals surface area contributed by atoms with Gasteiger partial charge in [0.05, 0.1) is 46.2 Å². The molecule has 0 fully saturated rings. The number of dihydropyridines is 2. The fourth-order valence-corrected chi connectivity index (χ4v) is 8.27. The first-order valence-corrected chi connectivity index (χ1v) is 19.3. The molecule has 1 aliphatic carbocycles. The van der Waals surface area contributed by atoms with Crippen molar-refractivity contribution < 1.29 is 0 Å². The molecule has 3 N–H and O–H groups in total. The zero-order valence-corrected chi connectivity index (χ0v) is 30.5. The summed E-state index contributed by atoms with van der Waals surface area (Å²) in [5.74, 6) is 0. The second-order valence-corrected chi connectivity index (χ2v) is 14.8. The lowest BCUT2D eigenvalue weighted by Crippen LogP contribution is -2.31. The molecule has 56 heavy (non-hydrogen) atoms. The normalized spacial score (nSPS) is 19.4. The van der Waals surface area contributed by atoms with Crippen molar-refractivity contribution in [1.29, 1.82) is 0 Å². The Morgan fingerprint density at radius 1 is 0.536 bits per heavy atom. The number of allylic oxidation sites excluding steroid dienone is 6. The molecule has 4 aliphatic rings. The van der Waals surface area contributed by atoms with Crippen molar-refractivity contribution in [2.75, 3.05) is 5.32 Å². The summed E-state index contributed by atoms with van der Waals surface area (Å²) in [6, 6.07) is 43.7. The zero-order valence-electron chi connectivity index (χ0n) is 30.5. The number of rotatable bonds is 5. The van der Waals surface area contributed by atoms with Gasteiger partial charge in [-0.1, -0.05) is 140 Å². The third-order valence-electron chi connectivity index (χ3n) is 11.3. The van der Waals surface area contributed by atoms with Gasteiger partial charge in [-0.25, -0.2) is 4.98 Å². The van der Waals surface area contributed by atoms with Gasteiger partial charge in [0.2, 0.25) is 0 Å². The van der Waals surface area contributed by atoms with Crippen LogP contribution in [0.4, 0.5) is 5.69 Å². The Hall–Kier alpha value is -7.24. The number of nitrogens with one attached hydrogen (secondary N) is 3. The van der Waals surface area contributed by atoms with Crippen LogP contribution >= 0.6 is 0 Å². The standard InChI is InChI=1S/C51H37N5/c1-2-6-32(7-3-1)43-24-21-35-11-12-36-22-25-45(56-51(36)50(35)55-43)41-18-16-37-28-38(14-15-39(37)29-41)40-13-9-33-19-23-44(53-48(33)30-40)42-17-10-34-20-26-47(54-49(34)31-42)46-8-4-5-27-52-46/h1-31,43,46,48,52-53,55H. The van der Waals surface area contributed by atoms with Gasteiger partial charge < -0.3 is 16.0 Å². The molecule has 11 rings (SSSR count). The Bertz CT molecular complexity index is 2960. The van der Waals surface area contributed by atoms with E-state index in [2.05, 4.69) is 192 Å². The van der Waals surface area contributed by atoms with Crippen LogP contribution in [0.25, 0.3) is 61.2 Å². The monoisotopic (exact) mass is 719 g/mol. The molecule has 0 spiro atoms. The molecule has 3 aliphatic heterocycles. The van der Waals surface area contributed by atoms with Crippen LogP contribution in [0.5, 0.6) is 0 Å². The van der Waals surface area contributed by atoms with Crippen molar-refractivity contribution in [1.82, 2.24) is 20.6 Å². The fraction of sp³-hybridized carbons (Fsp3) is 0.0588. The Morgan fingerprint density at radius 2 is 1.34 bits per heavy atom. The second-order valence-electron chi connectivity index (χ2n) is 14.8. The van der Waals surface area contributed by atoms with Gasteiger partial charge in [0, 0.05) is 22.0 Å². The summed E-state index contributed by atoms with van der Waals surface area (Å²) < 4.78 is 0. The smallest absolute Gasteiger partial charge is 0.0947 e. The maximum absolute atomic E-state index is 5.25. The summed E-state index contributed by atoms with van der Waals surface area (Å²) in [6.07, 6.45) is 23.8. The van der Waals surface area contributed by atoms with Crippen molar-refractivity contribution in [2.45, 2.75) is 18.1 Å². The highest BCUT2D eigenvalue weighted by Gasteiger charge is 2.21. The summed E-state index contributed by atoms with van der Waals surface area (Å²) in [6.45, 7) is 0. The lowest BCUT2D eigenvalue weighted by atomic mass is 9.89. The first kappa shape index (κ1) is 32.2. The van der Waals surface area contributed by atoms with E-state index >= 15 is 0 Å². The van der Waals surface area contributed by atoms with Crippen molar-refractivity contribution >= 4 is 55.6 Å². The molecule has 5 aromatic carbocycles. The average Bonchev–Trinajstić information content (AvgIpc) is 3.28. The Labute approximate surface area is 325 Å². The molecule has 5 heteroatoms. The third kappa shape index (κ3) is 5.82. The Morgan fingerprint density at radius 3 is 2.23 bits per heavy atom. The van der Waals surface area contributed by atoms with Gasteiger partial charge in [-0.2, -0.15) is 0 Å². The number of hydrogen-bond donors (Lipinski definition) is 3. The maximum atomic E-state index is 5.25. The van der Waals surface area contributed by atoms with Crippen LogP contribution in [0.1, 0.15) is 40.0 Å². The Balaban J connectivity index is 0.846. The van der Waals surface area contributed by atoms with Gasteiger partial charge in [-0.3, -0.25) is 4.98 Å². The van der Waals surface area contributed by atoms with Crippen molar-refractivity contribution in [3.05, 3.63) is 216 Å². The molecule has 3 atom stereocenters. The van der Waals surface area contributed by atoms with Gasteiger partial charge in [0.25, 0.3) is 0 Å². The summed E-state index contributed by atoms with van der Waals surface area (Å²) in [5.41, 5.74) is 14.4. The van der Waals surface area contributed by atoms with E-state index in [1.54, 1.807) is 0 Å². The Kier molecular flexibility index (Phi) is 7.62. The van der Waals surface area contributed by atoms with Gasteiger partial charge >= 0.3 is 0 Å². The predicted molar refractivity (Wildman–Crippen MR) is 233 cm³/mol. The van der Waals surface area contributed by atoms with Crippen molar-refractivity contribution in [2.24, 2.45) is 0 Å². The summed E-state index contributed by atoms with van der Waals surface area (Å²) in [7, 11) is 0. The first-order chi connectivity index (χ1) is 27.7. The molecular weight excluding hydrogens is 683 g/mol. The summed E-state index contributed by atoms with van der Waals surface area (Å²) in [4.78, 5) is 10.3. The molecule has 0 bridgehead atoms. The summed E-state index contributed by atoms with van der Waals surface area (Å²) in [5, 5.41) is 15.6. The number of hydrogen-bond acceptors (Lipinski definition) is 5. The highest BCUT2D eigenvalue weighted by molar-refractivity contribution is 5.98. The zero-order chi connectivity index (χ0) is 37.0. The number of anilines is 1. The quantitative estimate of drug-likeness (QED) is 0.165. The lowest BCUT2D eigenvalue weighted by molar-refractivity contribution is 0.725. The molecule has 0 saturated heterocycles. The molecule has 5 nitrogen and oxygen atoms in total. The van der Waals surface area contributed by atoms with Crippen LogP contribution in [-0.2, 0) is 0 Å². The third-order valence-corrected chi connectivity index (χ3v) is 11.3. The average molecular weight is 720 g/mol. The van der Waals surface area contributed by atoms with Gasteiger partial charge in [0.15, 0.2) is 0 Å². The molecule has 0 amide bonds. The number of pyridine rings is 2. The largest absolute Gasteiger partial charge is 0.379 e. The molecular formula is C51H37N5. The fourth-order valence-electron chi connectivity index (χ4n) is 8.27. The van der Waals surface area contributed by atoms with Crippen LogP contribution in [-0.4, -0.2) is 16.0 Å². The maximum Gasteiger partial charge on any atom is 0.0947 e. The molecule has 0 radical (unpaired) electrons. The molecule has 0 saturated carbocycles. The van der Waals surface area contributed by atoms with Crippen LogP contribution in [0, 0.1) is 0 Å². The van der Waals surface area contributed by atoms with Crippen LogP contribution < -0.4 is 16.0 Å². The molecule has 2 aromatic heterocycles. The minimum atomic E-state index is 0.0732. The van der Waals surface area contributed by atoms with E-state index in [0.717, 1.165) is 61.3 Å². The van der Waals surface area contributed by atoms with Crippen LogP contribution in [0.15, 0.2) is 188 Å². The number of nitrogens with zero attached hydrogens (tertiary/aromatic N) is 2. The highest BCUT2D eigenvalue weighted by Crippen LogP contribution is 2.37. The van der Waals surface area contributed by atoms with E-state index < -0.39 is 0 Å². The van der Waals surface area contributed by atoms with E-state index in [0.29, 0.717) is 0 Å². The van der Waals surface area contributed by atoms with E-state index in [1.807, 2.05) is 12.3 Å². The van der Waals surface area contributed by atoms with E-state index in [1.165, 1.54) is 33.0 Å². The van der Waals surface area contributed by atoms with E-state index in [-0.39, 0.29) is 18.1 Å². The van der Waals surface area contributed by atoms with E-state index in [9.17, 15) is 0 Å². The minimum Gasteiger partial charge on any atom is -0.379 e. The summed E-state index contributed by atoms with van der Waals surface area (Å²) >= 11 is 0. The first-order valence-electron chi connectivity index (χ1n) is 19.3. The number of fused-ring (bicyclic) bond motifs is 6. The van der Waals surface area contributed by atoms with Crippen LogP contribution in [0.3, 0.4) is 0 Å². The van der Waals surface area contributed by atoms with Crippen LogP contribution in [0.2, 0.25) is 0 Å². The van der Waals surface area contributed by atoms with E-state index in [4.69, 9.17) is 9.97 Å². The molecule has 3 unspecified atom stereocenters. The van der Waals surface area contributed by atoms with Crippen molar-refractivity contribution in [3.63, 3.8) is 0 Å². The minimum absolute atomic E-state index is 0.0732. The van der Waals surface area contributed by atoms with Gasteiger partial charge in [-0.05, 0) is 92.9 Å².